The van der Waals surface area contributed by atoms with E-state index in [1.54, 1.807) is 26.8 Å². The molecule has 0 unspecified atom stereocenters. The first-order valence-corrected chi connectivity index (χ1v) is 8.22. The van der Waals surface area contributed by atoms with Crippen molar-refractivity contribution in [2.45, 2.75) is 50.7 Å². The van der Waals surface area contributed by atoms with Crippen LogP contribution in [0.2, 0.25) is 0 Å². The number of hydrogen-bond donors (Lipinski definition) is 1. The third-order valence-corrected chi connectivity index (χ3v) is 4.61. The van der Waals surface area contributed by atoms with E-state index in [2.05, 4.69) is 12.1 Å². The van der Waals surface area contributed by atoms with Gasteiger partial charge in [0, 0.05) is 12.0 Å². The number of aliphatic carboxylic acids is 1. The van der Waals surface area contributed by atoms with Crippen LogP contribution in [0, 0.1) is 0 Å². The zero-order valence-electron chi connectivity index (χ0n) is 14.3. The third kappa shape index (κ3) is 3.03. The Morgan fingerprint density at radius 1 is 1.21 bits per heavy atom. The minimum atomic E-state index is -1.03. The van der Waals surface area contributed by atoms with Crippen molar-refractivity contribution in [3.63, 3.8) is 0 Å². The lowest BCUT2D eigenvalue weighted by Crippen LogP contribution is -2.44. The normalized spacial score (nSPS) is 22.0. The van der Waals surface area contributed by atoms with Gasteiger partial charge in [-0.3, -0.25) is 4.90 Å². The van der Waals surface area contributed by atoms with Crippen LogP contribution in [0.1, 0.15) is 39.2 Å². The molecule has 0 radical (unpaired) electrons. The first kappa shape index (κ1) is 16.6. The van der Waals surface area contributed by atoms with Gasteiger partial charge in [0.05, 0.1) is 0 Å². The van der Waals surface area contributed by atoms with Crippen molar-refractivity contribution in [2.75, 3.05) is 6.54 Å². The first-order valence-electron chi connectivity index (χ1n) is 8.22. The summed E-state index contributed by atoms with van der Waals surface area (Å²) < 4.78 is 5.38. The zero-order valence-corrected chi connectivity index (χ0v) is 14.3. The second-order valence-electron chi connectivity index (χ2n) is 7.53. The van der Waals surface area contributed by atoms with Gasteiger partial charge in [-0.2, -0.15) is 0 Å². The molecule has 5 nitrogen and oxygen atoms in total. The Labute approximate surface area is 141 Å². The molecule has 1 aromatic carbocycles. The van der Waals surface area contributed by atoms with E-state index in [-0.39, 0.29) is 5.41 Å². The third-order valence-electron chi connectivity index (χ3n) is 4.61. The lowest BCUT2D eigenvalue weighted by Gasteiger charge is -2.27. The van der Waals surface area contributed by atoms with E-state index in [1.807, 2.05) is 18.2 Å². The summed E-state index contributed by atoms with van der Waals surface area (Å²) in [5.41, 5.74) is 1.42. The van der Waals surface area contributed by atoms with Crippen molar-refractivity contribution in [3.8, 4) is 0 Å². The molecule has 1 saturated carbocycles. The van der Waals surface area contributed by atoms with Crippen LogP contribution in [0.25, 0.3) is 0 Å². The van der Waals surface area contributed by atoms with E-state index in [0.29, 0.717) is 6.54 Å². The Hall–Kier alpha value is -2.30. The summed E-state index contributed by atoms with van der Waals surface area (Å²) in [6.45, 7) is 5.63. The van der Waals surface area contributed by atoms with Crippen molar-refractivity contribution in [3.05, 3.63) is 47.5 Å². The standard InChI is InChI=1S/C19H23NO4/c1-18(2,3)24-17(23)20-12-14(11-15(20)16(21)22)19(9-10-19)13-7-5-4-6-8-13/h4-8,11,15H,9-10,12H2,1-3H3,(H,21,22)/t15-/m1/s1. The highest BCUT2D eigenvalue weighted by Gasteiger charge is 2.51. The fourth-order valence-electron chi connectivity index (χ4n) is 3.31. The quantitative estimate of drug-likeness (QED) is 0.864. The number of carboxylic acid groups (broad SMARTS) is 1. The van der Waals surface area contributed by atoms with Crippen LogP contribution in [0.15, 0.2) is 42.0 Å². The Bertz CT molecular complexity index is 683. The van der Waals surface area contributed by atoms with Gasteiger partial charge in [0.15, 0.2) is 6.04 Å². The van der Waals surface area contributed by atoms with Gasteiger partial charge in [0.25, 0.3) is 0 Å². The highest BCUT2D eigenvalue weighted by atomic mass is 16.6. The van der Waals surface area contributed by atoms with Crippen LogP contribution in [0.3, 0.4) is 0 Å². The van der Waals surface area contributed by atoms with Crippen LogP contribution < -0.4 is 0 Å². The van der Waals surface area contributed by atoms with Crippen LogP contribution in [0.4, 0.5) is 4.79 Å². The Balaban J connectivity index is 1.86. The number of carboxylic acids is 1. The summed E-state index contributed by atoms with van der Waals surface area (Å²) in [4.78, 5) is 25.3. The molecular formula is C19H23NO4. The van der Waals surface area contributed by atoms with E-state index in [0.717, 1.165) is 18.4 Å². The molecular weight excluding hydrogens is 306 g/mol. The molecule has 3 rings (SSSR count). The molecule has 1 aromatic rings. The van der Waals surface area contributed by atoms with E-state index in [9.17, 15) is 14.7 Å². The molecule has 0 spiro atoms. The molecule has 2 aliphatic rings. The van der Waals surface area contributed by atoms with Gasteiger partial charge in [0.1, 0.15) is 5.60 Å². The first-order chi connectivity index (χ1) is 11.2. The zero-order chi connectivity index (χ0) is 17.5. The number of benzene rings is 1. The number of rotatable bonds is 3. The van der Waals surface area contributed by atoms with Gasteiger partial charge < -0.3 is 9.84 Å². The SMILES string of the molecule is CC(C)(C)OC(=O)N1CC(C2(c3ccccc3)CC2)=C[C@@H]1C(=O)O. The Kier molecular flexibility index (Phi) is 3.90. The van der Waals surface area contributed by atoms with Gasteiger partial charge in [0.2, 0.25) is 0 Å². The van der Waals surface area contributed by atoms with Crippen LogP contribution >= 0.6 is 0 Å². The molecule has 0 bridgehead atoms. The number of amides is 1. The smallest absolute Gasteiger partial charge is 0.411 e. The van der Waals surface area contributed by atoms with Gasteiger partial charge in [-0.15, -0.1) is 0 Å². The number of carbonyl (C=O) groups excluding carboxylic acids is 1. The van der Waals surface area contributed by atoms with E-state index >= 15 is 0 Å². The number of hydrogen-bond acceptors (Lipinski definition) is 3. The van der Waals surface area contributed by atoms with Crippen LogP contribution in [0.5, 0.6) is 0 Å². The van der Waals surface area contributed by atoms with Gasteiger partial charge in [-0.25, -0.2) is 9.59 Å². The fourth-order valence-corrected chi connectivity index (χ4v) is 3.31. The number of carbonyl (C=O) groups is 2. The summed E-state index contributed by atoms with van der Waals surface area (Å²) in [6.07, 6.45) is 3.12. The van der Waals surface area contributed by atoms with Crippen molar-refractivity contribution in [2.24, 2.45) is 0 Å². The summed E-state index contributed by atoms with van der Waals surface area (Å²) in [5, 5.41) is 9.51. The minimum Gasteiger partial charge on any atom is -0.479 e. The fraction of sp³-hybridized carbons (Fsp3) is 0.474. The largest absolute Gasteiger partial charge is 0.479 e. The van der Waals surface area contributed by atoms with Gasteiger partial charge >= 0.3 is 12.1 Å². The van der Waals surface area contributed by atoms with Gasteiger partial charge in [-0.05, 0) is 50.8 Å². The predicted octanol–water partition coefficient (Wildman–Crippen LogP) is 3.35. The maximum absolute atomic E-state index is 12.4. The second-order valence-corrected chi connectivity index (χ2v) is 7.53. The lowest BCUT2D eigenvalue weighted by molar-refractivity contribution is -0.140. The van der Waals surface area contributed by atoms with Gasteiger partial charge in [-0.1, -0.05) is 30.3 Å². The Morgan fingerprint density at radius 2 is 1.83 bits per heavy atom. The summed E-state index contributed by atoms with van der Waals surface area (Å²) in [5.74, 6) is -1.03. The van der Waals surface area contributed by atoms with E-state index in [4.69, 9.17) is 4.74 Å². The molecule has 1 amide bonds. The highest BCUT2D eigenvalue weighted by Crippen LogP contribution is 2.55. The maximum Gasteiger partial charge on any atom is 0.411 e. The summed E-state index contributed by atoms with van der Waals surface area (Å²) in [6, 6.07) is 9.13. The second kappa shape index (κ2) is 5.65. The average Bonchev–Trinajstić information content (AvgIpc) is 3.18. The topological polar surface area (TPSA) is 66.8 Å². The molecule has 1 fully saturated rings. The van der Waals surface area contributed by atoms with Crippen LogP contribution in [-0.2, 0) is 14.9 Å². The molecule has 1 aliphatic heterocycles. The molecule has 1 heterocycles. The summed E-state index contributed by atoms with van der Waals surface area (Å²) in [7, 11) is 0. The molecule has 1 atom stereocenters. The van der Waals surface area contributed by atoms with E-state index < -0.39 is 23.7 Å². The maximum atomic E-state index is 12.4. The summed E-state index contributed by atoms with van der Waals surface area (Å²) >= 11 is 0. The van der Waals surface area contributed by atoms with Crippen molar-refractivity contribution < 1.29 is 19.4 Å². The van der Waals surface area contributed by atoms with Crippen molar-refractivity contribution >= 4 is 12.1 Å². The molecule has 128 valence electrons. The molecule has 5 heteroatoms. The van der Waals surface area contributed by atoms with E-state index in [1.165, 1.54) is 10.5 Å². The highest BCUT2D eigenvalue weighted by molar-refractivity contribution is 5.84. The Morgan fingerprint density at radius 3 is 2.33 bits per heavy atom. The van der Waals surface area contributed by atoms with Crippen LogP contribution in [-0.4, -0.2) is 40.3 Å². The molecule has 0 aromatic heterocycles. The average molecular weight is 329 g/mol. The number of ether oxygens (including phenoxy) is 1. The van der Waals surface area contributed by atoms with Crippen molar-refractivity contribution in [1.82, 2.24) is 4.90 Å². The predicted molar refractivity (Wildman–Crippen MR) is 89.8 cm³/mol. The molecule has 1 aliphatic carbocycles. The number of nitrogens with zero attached hydrogens (tertiary/aromatic N) is 1. The molecule has 0 saturated heterocycles. The van der Waals surface area contributed by atoms with Crippen molar-refractivity contribution in [1.29, 1.82) is 0 Å². The minimum absolute atomic E-state index is 0.119. The monoisotopic (exact) mass is 329 g/mol. The lowest BCUT2D eigenvalue weighted by atomic mass is 9.88. The molecule has 24 heavy (non-hydrogen) atoms. The molecule has 1 N–H and O–H groups in total.